The number of carbonyl (C=O) groups is 1. The van der Waals surface area contributed by atoms with Gasteiger partial charge in [0.25, 0.3) is 5.91 Å². The number of benzene rings is 3. The second-order valence-corrected chi connectivity index (χ2v) is 6.59. The van der Waals surface area contributed by atoms with Crippen LogP contribution < -0.4 is 10.1 Å². The third kappa shape index (κ3) is 4.80. The van der Waals surface area contributed by atoms with Crippen molar-refractivity contribution in [1.29, 1.82) is 0 Å². The minimum atomic E-state index is -0.277. The monoisotopic (exact) mass is 405 g/mol. The molecule has 1 amide bonds. The topological polar surface area (TPSA) is 77.2 Å². The molecule has 4 rings (SSSR count). The Morgan fingerprint density at radius 3 is 2.28 bits per heavy atom. The molecule has 0 aliphatic rings. The highest BCUT2D eigenvalue weighted by molar-refractivity contribution is 6.30. The third-order valence-electron chi connectivity index (χ3n) is 4.03. The number of hydrogen-bond donors (Lipinski definition) is 1. The second kappa shape index (κ2) is 8.58. The van der Waals surface area contributed by atoms with E-state index in [-0.39, 0.29) is 12.5 Å². The van der Waals surface area contributed by atoms with E-state index in [0.29, 0.717) is 28.2 Å². The van der Waals surface area contributed by atoms with E-state index < -0.39 is 0 Å². The summed E-state index contributed by atoms with van der Waals surface area (Å²) in [5.74, 6) is 1.14. The van der Waals surface area contributed by atoms with E-state index >= 15 is 0 Å². The lowest BCUT2D eigenvalue weighted by Crippen LogP contribution is -2.20. The van der Waals surface area contributed by atoms with Gasteiger partial charge in [0.15, 0.2) is 6.61 Å². The van der Waals surface area contributed by atoms with Crippen LogP contribution in [0, 0.1) is 0 Å². The fourth-order valence-corrected chi connectivity index (χ4v) is 2.83. The van der Waals surface area contributed by atoms with Crippen LogP contribution in [0.15, 0.2) is 83.3 Å². The summed E-state index contributed by atoms with van der Waals surface area (Å²) in [4.78, 5) is 12.0. The minimum absolute atomic E-state index is 0.120. The molecule has 0 spiro atoms. The number of ether oxygens (including phenoxy) is 1. The Morgan fingerprint density at radius 2 is 1.59 bits per heavy atom. The zero-order valence-electron chi connectivity index (χ0n) is 15.2. The lowest BCUT2D eigenvalue weighted by Gasteiger charge is -2.08. The van der Waals surface area contributed by atoms with Gasteiger partial charge >= 0.3 is 0 Å². The standard InChI is InChI=1S/C22H16ClN3O3/c23-17-7-4-8-18(13-17)24-20(27)14-28-19-11-9-16(10-12-19)22-26-25-21(29-22)15-5-2-1-3-6-15/h1-13H,14H2,(H,24,27). The largest absolute Gasteiger partial charge is 0.484 e. The Labute approximate surface area is 172 Å². The number of nitrogens with one attached hydrogen (secondary N) is 1. The molecule has 1 heterocycles. The summed E-state index contributed by atoms with van der Waals surface area (Å²) in [6, 6.07) is 23.6. The molecular formula is C22H16ClN3O3. The molecule has 1 N–H and O–H groups in total. The summed E-state index contributed by atoms with van der Waals surface area (Å²) in [5, 5.41) is 11.4. The van der Waals surface area contributed by atoms with Gasteiger partial charge in [-0.3, -0.25) is 4.79 Å². The van der Waals surface area contributed by atoms with Crippen LogP contribution in [0.25, 0.3) is 22.9 Å². The van der Waals surface area contributed by atoms with Crippen LogP contribution >= 0.6 is 11.6 Å². The first-order valence-corrected chi connectivity index (χ1v) is 9.23. The minimum Gasteiger partial charge on any atom is -0.484 e. The van der Waals surface area contributed by atoms with E-state index in [1.54, 1.807) is 48.5 Å². The molecule has 0 radical (unpaired) electrons. The summed E-state index contributed by atoms with van der Waals surface area (Å²) in [5.41, 5.74) is 2.24. The smallest absolute Gasteiger partial charge is 0.262 e. The lowest BCUT2D eigenvalue weighted by atomic mass is 10.2. The number of nitrogens with zero attached hydrogens (tertiary/aromatic N) is 2. The molecule has 0 aliphatic carbocycles. The molecule has 144 valence electrons. The number of anilines is 1. The van der Waals surface area contributed by atoms with Gasteiger partial charge in [-0.2, -0.15) is 0 Å². The molecule has 3 aromatic carbocycles. The number of carbonyl (C=O) groups excluding carboxylic acids is 1. The molecule has 0 saturated carbocycles. The Balaban J connectivity index is 1.36. The van der Waals surface area contributed by atoms with Crippen LogP contribution in [0.4, 0.5) is 5.69 Å². The fourth-order valence-electron chi connectivity index (χ4n) is 2.64. The first kappa shape index (κ1) is 18.7. The van der Waals surface area contributed by atoms with E-state index in [4.69, 9.17) is 20.8 Å². The highest BCUT2D eigenvalue weighted by atomic mass is 35.5. The summed E-state index contributed by atoms with van der Waals surface area (Å²) in [6.07, 6.45) is 0. The van der Waals surface area contributed by atoms with Gasteiger partial charge in [0.2, 0.25) is 11.8 Å². The number of hydrogen-bond acceptors (Lipinski definition) is 5. The van der Waals surface area contributed by atoms with E-state index in [0.717, 1.165) is 11.1 Å². The molecule has 0 unspecified atom stereocenters. The highest BCUT2D eigenvalue weighted by Gasteiger charge is 2.10. The van der Waals surface area contributed by atoms with Crippen LogP contribution in [-0.2, 0) is 4.79 Å². The van der Waals surface area contributed by atoms with Crippen LogP contribution in [0.1, 0.15) is 0 Å². The van der Waals surface area contributed by atoms with Crippen LogP contribution in [0.5, 0.6) is 5.75 Å². The molecule has 1 aromatic heterocycles. The molecule has 0 bridgehead atoms. The Bertz CT molecular complexity index is 1110. The van der Waals surface area contributed by atoms with Crippen molar-refractivity contribution in [3.05, 3.63) is 83.9 Å². The van der Waals surface area contributed by atoms with E-state index in [9.17, 15) is 4.79 Å². The predicted octanol–water partition coefficient (Wildman–Crippen LogP) is 5.07. The Morgan fingerprint density at radius 1 is 0.897 bits per heavy atom. The second-order valence-electron chi connectivity index (χ2n) is 6.15. The summed E-state index contributed by atoms with van der Waals surface area (Å²) in [6.45, 7) is -0.120. The normalized spacial score (nSPS) is 10.5. The zero-order chi connectivity index (χ0) is 20.1. The van der Waals surface area contributed by atoms with E-state index in [1.807, 2.05) is 30.3 Å². The fraction of sp³-hybridized carbons (Fsp3) is 0.0455. The molecule has 7 heteroatoms. The van der Waals surface area contributed by atoms with Crippen molar-refractivity contribution in [3.8, 4) is 28.7 Å². The first-order valence-electron chi connectivity index (χ1n) is 8.85. The summed E-state index contributed by atoms with van der Waals surface area (Å²) < 4.78 is 11.3. The van der Waals surface area contributed by atoms with Crippen molar-refractivity contribution in [3.63, 3.8) is 0 Å². The van der Waals surface area contributed by atoms with Gasteiger partial charge in [-0.15, -0.1) is 10.2 Å². The SMILES string of the molecule is O=C(COc1ccc(-c2nnc(-c3ccccc3)o2)cc1)Nc1cccc(Cl)c1. The molecular weight excluding hydrogens is 390 g/mol. The maximum Gasteiger partial charge on any atom is 0.262 e. The lowest BCUT2D eigenvalue weighted by molar-refractivity contribution is -0.118. The highest BCUT2D eigenvalue weighted by Crippen LogP contribution is 2.25. The molecule has 29 heavy (non-hydrogen) atoms. The van der Waals surface area contributed by atoms with Crippen LogP contribution in [0.2, 0.25) is 5.02 Å². The van der Waals surface area contributed by atoms with Crippen LogP contribution in [-0.4, -0.2) is 22.7 Å². The number of halogens is 1. The quantitative estimate of drug-likeness (QED) is 0.484. The number of rotatable bonds is 6. The summed E-state index contributed by atoms with van der Waals surface area (Å²) >= 11 is 5.90. The van der Waals surface area contributed by atoms with Gasteiger partial charge in [-0.25, -0.2) is 0 Å². The summed E-state index contributed by atoms with van der Waals surface area (Å²) in [7, 11) is 0. The van der Waals surface area contributed by atoms with E-state index in [1.165, 1.54) is 0 Å². The van der Waals surface area contributed by atoms with Crippen molar-refractivity contribution in [1.82, 2.24) is 10.2 Å². The number of aromatic nitrogens is 2. The van der Waals surface area contributed by atoms with Crippen molar-refractivity contribution in [2.75, 3.05) is 11.9 Å². The van der Waals surface area contributed by atoms with Gasteiger partial charge < -0.3 is 14.5 Å². The van der Waals surface area contributed by atoms with Crippen molar-refractivity contribution in [2.45, 2.75) is 0 Å². The van der Waals surface area contributed by atoms with Crippen molar-refractivity contribution < 1.29 is 13.9 Å². The van der Waals surface area contributed by atoms with Crippen LogP contribution in [0.3, 0.4) is 0 Å². The van der Waals surface area contributed by atoms with Crippen molar-refractivity contribution >= 4 is 23.2 Å². The van der Waals surface area contributed by atoms with Gasteiger partial charge in [-0.05, 0) is 54.6 Å². The third-order valence-corrected chi connectivity index (χ3v) is 4.26. The predicted molar refractivity (Wildman–Crippen MR) is 111 cm³/mol. The molecule has 0 saturated heterocycles. The molecule has 4 aromatic rings. The average Bonchev–Trinajstić information content (AvgIpc) is 3.24. The van der Waals surface area contributed by atoms with Gasteiger partial charge in [0.1, 0.15) is 5.75 Å². The molecule has 6 nitrogen and oxygen atoms in total. The van der Waals surface area contributed by atoms with Gasteiger partial charge in [0, 0.05) is 21.8 Å². The molecule has 0 fully saturated rings. The molecule has 0 aliphatic heterocycles. The van der Waals surface area contributed by atoms with Gasteiger partial charge in [-0.1, -0.05) is 35.9 Å². The van der Waals surface area contributed by atoms with Crippen molar-refractivity contribution in [2.24, 2.45) is 0 Å². The Hall–Kier alpha value is -3.64. The first-order chi connectivity index (χ1) is 14.2. The number of amides is 1. The van der Waals surface area contributed by atoms with Gasteiger partial charge in [0.05, 0.1) is 0 Å². The Kier molecular flexibility index (Phi) is 5.54. The average molecular weight is 406 g/mol. The maximum atomic E-state index is 12.0. The van der Waals surface area contributed by atoms with E-state index in [2.05, 4.69) is 15.5 Å². The molecule has 0 atom stereocenters. The zero-order valence-corrected chi connectivity index (χ0v) is 16.0. The maximum absolute atomic E-state index is 12.0.